The molecular weight excluding hydrogens is 561 g/mol. The predicted octanol–water partition coefficient (Wildman–Crippen LogP) is 10.2. The summed E-state index contributed by atoms with van der Waals surface area (Å²) < 4.78 is 27.1. The lowest BCUT2D eigenvalue weighted by atomic mass is 10.1. The van der Waals surface area contributed by atoms with Gasteiger partial charge in [0.2, 0.25) is 9.84 Å². The first-order chi connectivity index (χ1) is 20.1. The average molecular weight is 587 g/mol. The van der Waals surface area contributed by atoms with Crippen LogP contribution in [0.1, 0.15) is 0 Å². The summed E-state index contributed by atoms with van der Waals surface area (Å²) in [7, 11) is -3.66. The van der Waals surface area contributed by atoms with Gasteiger partial charge in [0.25, 0.3) is 0 Å². The molecule has 0 heterocycles. The van der Waals surface area contributed by atoms with Crippen LogP contribution < -0.4 is 0 Å². The maximum Gasteiger partial charge on any atom is 0.206 e. The van der Waals surface area contributed by atoms with Crippen LogP contribution in [0.15, 0.2) is 187 Å². The van der Waals surface area contributed by atoms with E-state index < -0.39 is 9.84 Å². The largest absolute Gasteiger partial charge is 0.219 e. The summed E-state index contributed by atoms with van der Waals surface area (Å²) in [6.07, 6.45) is 0. The molecule has 0 bridgehead atoms. The van der Waals surface area contributed by atoms with Gasteiger partial charge in [-0.05, 0) is 82.9 Å². The van der Waals surface area contributed by atoms with E-state index in [4.69, 9.17) is 0 Å². The SMILES string of the molecule is O=S(=O)(c1ccc(-c2ccccc2Sc2ccccc2)cc1)c1ccc(-c2ccccc2Sc2ccccc2)cc1. The van der Waals surface area contributed by atoms with Crippen LogP contribution in [0.3, 0.4) is 0 Å². The molecule has 0 saturated heterocycles. The van der Waals surface area contributed by atoms with Crippen LogP contribution in [0.5, 0.6) is 0 Å². The van der Waals surface area contributed by atoms with E-state index in [0.717, 1.165) is 41.8 Å². The fraction of sp³-hybridized carbons (Fsp3) is 0. The molecule has 0 aliphatic carbocycles. The van der Waals surface area contributed by atoms with Crippen molar-refractivity contribution in [3.8, 4) is 22.3 Å². The zero-order valence-electron chi connectivity index (χ0n) is 22.1. The second kappa shape index (κ2) is 12.2. The van der Waals surface area contributed by atoms with Gasteiger partial charge in [-0.3, -0.25) is 0 Å². The maximum absolute atomic E-state index is 13.5. The molecule has 0 saturated carbocycles. The van der Waals surface area contributed by atoms with Crippen LogP contribution in [0.4, 0.5) is 0 Å². The molecule has 0 aliphatic heterocycles. The molecule has 0 radical (unpaired) electrons. The molecule has 0 amide bonds. The first kappa shape index (κ1) is 27.2. The van der Waals surface area contributed by atoms with Crippen LogP contribution in [0.2, 0.25) is 0 Å². The summed E-state index contributed by atoms with van der Waals surface area (Å²) in [4.78, 5) is 5.11. The molecule has 0 unspecified atom stereocenters. The van der Waals surface area contributed by atoms with Gasteiger partial charge in [0.15, 0.2) is 0 Å². The lowest BCUT2D eigenvalue weighted by Gasteiger charge is -2.12. The topological polar surface area (TPSA) is 34.1 Å². The number of hydrogen-bond acceptors (Lipinski definition) is 4. The Kier molecular flexibility index (Phi) is 8.10. The molecule has 0 atom stereocenters. The molecule has 5 heteroatoms. The Morgan fingerprint density at radius 1 is 0.366 bits per heavy atom. The summed E-state index contributed by atoms with van der Waals surface area (Å²) in [6.45, 7) is 0. The highest BCUT2D eigenvalue weighted by Gasteiger charge is 2.19. The highest BCUT2D eigenvalue weighted by atomic mass is 32.2. The molecule has 2 nitrogen and oxygen atoms in total. The number of hydrogen-bond donors (Lipinski definition) is 0. The van der Waals surface area contributed by atoms with E-state index in [2.05, 4.69) is 48.5 Å². The van der Waals surface area contributed by atoms with Crippen LogP contribution in [-0.4, -0.2) is 8.42 Å². The van der Waals surface area contributed by atoms with E-state index in [-0.39, 0.29) is 9.79 Å². The van der Waals surface area contributed by atoms with Crippen molar-refractivity contribution < 1.29 is 8.42 Å². The zero-order chi connectivity index (χ0) is 28.1. The van der Waals surface area contributed by atoms with Crippen molar-refractivity contribution in [2.24, 2.45) is 0 Å². The molecule has 0 fully saturated rings. The van der Waals surface area contributed by atoms with Crippen LogP contribution in [0, 0.1) is 0 Å². The zero-order valence-corrected chi connectivity index (χ0v) is 24.5. The number of benzene rings is 6. The van der Waals surface area contributed by atoms with E-state index in [1.54, 1.807) is 47.8 Å². The van der Waals surface area contributed by atoms with Crippen molar-refractivity contribution >= 4 is 33.4 Å². The Balaban J connectivity index is 1.24. The normalized spacial score (nSPS) is 11.3. The fourth-order valence-electron chi connectivity index (χ4n) is 4.58. The summed E-state index contributed by atoms with van der Waals surface area (Å²) in [6, 6.07) is 51.2. The molecule has 6 aromatic rings. The molecule has 41 heavy (non-hydrogen) atoms. The Bertz CT molecular complexity index is 1730. The van der Waals surface area contributed by atoms with Crippen LogP contribution in [0.25, 0.3) is 22.3 Å². The molecule has 6 aromatic carbocycles. The van der Waals surface area contributed by atoms with Crippen molar-refractivity contribution in [2.75, 3.05) is 0 Å². The Morgan fingerprint density at radius 3 is 1.10 bits per heavy atom. The molecular formula is C36H26O2S3. The molecule has 0 aromatic heterocycles. The third-order valence-corrected chi connectivity index (χ3v) is 10.6. The van der Waals surface area contributed by atoms with E-state index >= 15 is 0 Å². The fourth-order valence-corrected chi connectivity index (χ4v) is 7.82. The van der Waals surface area contributed by atoms with Gasteiger partial charge in [-0.2, -0.15) is 0 Å². The molecule has 200 valence electrons. The Hall–Kier alpha value is -4.03. The monoisotopic (exact) mass is 586 g/mol. The first-order valence-electron chi connectivity index (χ1n) is 13.2. The van der Waals surface area contributed by atoms with Crippen LogP contribution in [-0.2, 0) is 9.84 Å². The van der Waals surface area contributed by atoms with Crippen LogP contribution >= 0.6 is 23.5 Å². The summed E-state index contributed by atoms with van der Waals surface area (Å²) in [5.74, 6) is 0. The highest BCUT2D eigenvalue weighted by Crippen LogP contribution is 2.38. The molecule has 0 aliphatic rings. The second-order valence-electron chi connectivity index (χ2n) is 9.37. The van der Waals surface area contributed by atoms with Crippen molar-refractivity contribution in [1.29, 1.82) is 0 Å². The third kappa shape index (κ3) is 6.18. The van der Waals surface area contributed by atoms with Gasteiger partial charge in [0.05, 0.1) is 9.79 Å². The number of sulfone groups is 1. The Labute approximate surface area is 250 Å². The van der Waals surface area contributed by atoms with E-state index in [9.17, 15) is 8.42 Å². The van der Waals surface area contributed by atoms with Gasteiger partial charge in [-0.25, -0.2) is 8.42 Å². The van der Waals surface area contributed by atoms with Crippen molar-refractivity contribution in [2.45, 2.75) is 29.4 Å². The highest BCUT2D eigenvalue weighted by molar-refractivity contribution is 7.99. The van der Waals surface area contributed by atoms with Crippen molar-refractivity contribution in [3.63, 3.8) is 0 Å². The second-order valence-corrected chi connectivity index (χ2v) is 13.6. The summed E-state index contributed by atoms with van der Waals surface area (Å²) in [5.41, 5.74) is 4.10. The van der Waals surface area contributed by atoms with E-state index in [1.165, 1.54) is 0 Å². The first-order valence-corrected chi connectivity index (χ1v) is 16.3. The van der Waals surface area contributed by atoms with E-state index in [1.807, 2.05) is 84.9 Å². The minimum atomic E-state index is -3.66. The van der Waals surface area contributed by atoms with Gasteiger partial charge in [0, 0.05) is 19.6 Å². The van der Waals surface area contributed by atoms with Gasteiger partial charge < -0.3 is 0 Å². The average Bonchev–Trinajstić information content (AvgIpc) is 3.03. The smallest absolute Gasteiger partial charge is 0.206 e. The van der Waals surface area contributed by atoms with Crippen molar-refractivity contribution in [3.05, 3.63) is 158 Å². The minimum Gasteiger partial charge on any atom is -0.219 e. The Morgan fingerprint density at radius 2 is 0.707 bits per heavy atom. The van der Waals surface area contributed by atoms with Gasteiger partial charge in [-0.1, -0.05) is 121 Å². The summed E-state index contributed by atoms with van der Waals surface area (Å²) in [5, 5.41) is 0. The van der Waals surface area contributed by atoms with Gasteiger partial charge >= 0.3 is 0 Å². The van der Waals surface area contributed by atoms with Gasteiger partial charge in [-0.15, -0.1) is 0 Å². The minimum absolute atomic E-state index is 0.280. The molecule has 6 rings (SSSR count). The lowest BCUT2D eigenvalue weighted by Crippen LogP contribution is -2.02. The quantitative estimate of drug-likeness (QED) is 0.178. The lowest BCUT2D eigenvalue weighted by molar-refractivity contribution is 0.596. The third-order valence-electron chi connectivity index (χ3n) is 6.67. The van der Waals surface area contributed by atoms with Crippen molar-refractivity contribution in [1.82, 2.24) is 0 Å². The standard InChI is InChI=1S/C36H26O2S3/c37-41(38,31-23-19-27(20-24-31)33-15-7-9-17-35(33)39-29-11-3-1-4-12-29)32-25-21-28(22-26-32)34-16-8-10-18-36(34)40-30-13-5-2-6-14-30/h1-26H. The molecule has 0 spiro atoms. The predicted molar refractivity (Wildman–Crippen MR) is 170 cm³/mol. The number of rotatable bonds is 8. The van der Waals surface area contributed by atoms with E-state index in [0.29, 0.717) is 0 Å². The summed E-state index contributed by atoms with van der Waals surface area (Å²) >= 11 is 3.39. The maximum atomic E-state index is 13.5. The van der Waals surface area contributed by atoms with Gasteiger partial charge in [0.1, 0.15) is 0 Å². The molecule has 0 N–H and O–H groups in total.